The Balaban J connectivity index is 1.46. The van der Waals surface area contributed by atoms with E-state index >= 15 is 0 Å². The molecule has 0 aliphatic carbocycles. The van der Waals surface area contributed by atoms with Gasteiger partial charge in [-0.25, -0.2) is 9.97 Å². The Labute approximate surface area is 241 Å². The standard InChI is InChI=1S/C31H40N6O4/c1-22(2)5-7-26(41-18-17-40-16-15-38)19-23(3)27-9-10-32-31(35-27)33-25-6-8-28-24(20-25)21-29(34-28)30(39)37-13-11-36(4)12-14-37/h5-10,19-21,34,38H,11-18H2,1-4H3,(H,32,33,35)/b23-19+,26-7+. The second kappa shape index (κ2) is 14.6. The smallest absolute Gasteiger partial charge is 0.270 e. The van der Waals surface area contributed by atoms with Crippen LogP contribution < -0.4 is 5.32 Å². The molecular formula is C31H40N6O4. The van der Waals surface area contributed by atoms with Crippen molar-refractivity contribution in [1.29, 1.82) is 0 Å². The van der Waals surface area contributed by atoms with Crippen LogP contribution in [0.1, 0.15) is 37.0 Å². The molecule has 10 heteroatoms. The number of allylic oxidation sites excluding steroid dienone is 5. The first-order chi connectivity index (χ1) is 19.8. The lowest BCUT2D eigenvalue weighted by Gasteiger charge is -2.32. The summed E-state index contributed by atoms with van der Waals surface area (Å²) in [4.78, 5) is 29.5. The SMILES string of the molecule is CC(C)=C/C=C(\C=C(/C)c1ccnc(Nc2ccc3[nH]c(C(=O)N4CCN(C)CC4)cc3c2)n1)OCCOCCO. The van der Waals surface area contributed by atoms with E-state index < -0.39 is 0 Å². The van der Waals surface area contributed by atoms with Gasteiger partial charge in [-0.3, -0.25) is 4.79 Å². The Morgan fingerprint density at radius 2 is 1.88 bits per heavy atom. The number of ether oxygens (including phenoxy) is 2. The molecule has 218 valence electrons. The third kappa shape index (κ3) is 8.75. The lowest BCUT2D eigenvalue weighted by atomic mass is 10.1. The maximum absolute atomic E-state index is 13.0. The van der Waals surface area contributed by atoms with Gasteiger partial charge in [-0.05, 0) is 75.9 Å². The van der Waals surface area contributed by atoms with Crippen LogP contribution in [0.2, 0.25) is 0 Å². The predicted octanol–water partition coefficient (Wildman–Crippen LogP) is 4.37. The van der Waals surface area contributed by atoms with E-state index in [4.69, 9.17) is 19.6 Å². The minimum absolute atomic E-state index is 0.0137. The third-order valence-corrected chi connectivity index (χ3v) is 6.63. The molecule has 4 rings (SSSR count). The molecule has 0 atom stereocenters. The van der Waals surface area contributed by atoms with Crippen molar-refractivity contribution in [3.63, 3.8) is 0 Å². The molecule has 1 aliphatic heterocycles. The molecule has 1 amide bonds. The van der Waals surface area contributed by atoms with Crippen LogP contribution in [0.25, 0.3) is 16.5 Å². The van der Waals surface area contributed by atoms with Crippen molar-refractivity contribution >= 4 is 34.0 Å². The summed E-state index contributed by atoms with van der Waals surface area (Å²) >= 11 is 0. The molecule has 1 saturated heterocycles. The topological polar surface area (TPSA) is 116 Å². The molecule has 3 N–H and O–H groups in total. The van der Waals surface area contributed by atoms with Crippen LogP contribution in [-0.2, 0) is 9.47 Å². The average Bonchev–Trinajstić information content (AvgIpc) is 3.39. The summed E-state index contributed by atoms with van der Waals surface area (Å²) < 4.78 is 11.2. The highest BCUT2D eigenvalue weighted by Crippen LogP contribution is 2.24. The number of hydrogen-bond donors (Lipinski definition) is 3. The van der Waals surface area contributed by atoms with Crippen molar-refractivity contribution in [3.05, 3.63) is 77.5 Å². The zero-order valence-electron chi connectivity index (χ0n) is 24.3. The van der Waals surface area contributed by atoms with E-state index in [1.54, 1.807) is 6.20 Å². The molecule has 1 fully saturated rings. The van der Waals surface area contributed by atoms with E-state index in [2.05, 4.69) is 27.2 Å². The Kier molecular flexibility index (Phi) is 10.7. The molecule has 41 heavy (non-hydrogen) atoms. The Morgan fingerprint density at radius 1 is 1.07 bits per heavy atom. The van der Waals surface area contributed by atoms with Crippen LogP contribution in [0.4, 0.5) is 11.6 Å². The minimum Gasteiger partial charge on any atom is -0.491 e. The van der Waals surface area contributed by atoms with Gasteiger partial charge >= 0.3 is 0 Å². The second-order valence-corrected chi connectivity index (χ2v) is 10.3. The second-order valence-electron chi connectivity index (χ2n) is 10.3. The van der Waals surface area contributed by atoms with E-state index in [0.29, 0.717) is 30.6 Å². The van der Waals surface area contributed by atoms with Gasteiger partial charge in [-0.2, -0.15) is 0 Å². The molecule has 1 aromatic carbocycles. The minimum atomic E-state index is -0.0137. The highest BCUT2D eigenvalue weighted by Gasteiger charge is 2.21. The van der Waals surface area contributed by atoms with Gasteiger partial charge in [0.2, 0.25) is 5.95 Å². The summed E-state index contributed by atoms with van der Waals surface area (Å²) in [5.41, 5.74) is 5.14. The van der Waals surface area contributed by atoms with E-state index in [9.17, 15) is 4.79 Å². The molecule has 0 saturated carbocycles. The quantitative estimate of drug-likeness (QED) is 0.170. The van der Waals surface area contributed by atoms with Gasteiger partial charge in [0.1, 0.15) is 18.1 Å². The molecule has 3 aromatic rings. The van der Waals surface area contributed by atoms with Gasteiger partial charge in [0.05, 0.1) is 25.5 Å². The highest BCUT2D eigenvalue weighted by atomic mass is 16.5. The number of nitrogens with zero attached hydrogens (tertiary/aromatic N) is 4. The van der Waals surface area contributed by atoms with Gasteiger partial charge in [0.15, 0.2) is 0 Å². The molecule has 0 unspecified atom stereocenters. The summed E-state index contributed by atoms with van der Waals surface area (Å²) in [5, 5.41) is 13.1. The zero-order chi connectivity index (χ0) is 29.2. The summed E-state index contributed by atoms with van der Waals surface area (Å²) in [6.45, 7) is 10.3. The zero-order valence-corrected chi connectivity index (χ0v) is 24.3. The maximum Gasteiger partial charge on any atom is 0.270 e. The van der Waals surface area contributed by atoms with Crippen LogP contribution in [0.3, 0.4) is 0 Å². The highest BCUT2D eigenvalue weighted by molar-refractivity contribution is 5.98. The number of hydrogen-bond acceptors (Lipinski definition) is 8. The number of H-pyrrole nitrogens is 1. The summed E-state index contributed by atoms with van der Waals surface area (Å²) in [6.07, 6.45) is 7.55. The molecule has 2 aromatic heterocycles. The number of rotatable bonds is 12. The van der Waals surface area contributed by atoms with E-state index in [-0.39, 0.29) is 19.1 Å². The number of piperazine rings is 1. The lowest BCUT2D eigenvalue weighted by molar-refractivity contribution is 0.0560. The Hall–Kier alpha value is -3.99. The summed E-state index contributed by atoms with van der Waals surface area (Å²) in [7, 11) is 2.07. The third-order valence-electron chi connectivity index (χ3n) is 6.63. The normalized spacial score (nSPS) is 14.8. The molecule has 0 spiro atoms. The van der Waals surface area contributed by atoms with Crippen LogP contribution in [0.15, 0.2) is 66.1 Å². The summed E-state index contributed by atoms with van der Waals surface area (Å²) in [5.74, 6) is 1.18. The van der Waals surface area contributed by atoms with Crippen LogP contribution in [0, 0.1) is 0 Å². The van der Waals surface area contributed by atoms with Gasteiger partial charge in [0.25, 0.3) is 5.91 Å². The van der Waals surface area contributed by atoms with Gasteiger partial charge in [-0.1, -0.05) is 11.6 Å². The number of aliphatic hydroxyl groups is 1. The van der Waals surface area contributed by atoms with E-state index in [0.717, 1.165) is 59.6 Å². The number of fused-ring (bicyclic) bond motifs is 1. The number of carbonyl (C=O) groups excluding carboxylic acids is 1. The number of aromatic amines is 1. The van der Waals surface area contributed by atoms with Crippen molar-refractivity contribution in [2.75, 3.05) is 65.0 Å². The first-order valence-electron chi connectivity index (χ1n) is 13.9. The lowest BCUT2D eigenvalue weighted by Crippen LogP contribution is -2.47. The summed E-state index contributed by atoms with van der Waals surface area (Å²) in [6, 6.07) is 9.63. The number of aliphatic hydroxyl groups excluding tert-OH is 1. The fourth-order valence-corrected chi connectivity index (χ4v) is 4.33. The first kappa shape index (κ1) is 30.0. The Bertz CT molecular complexity index is 1410. The van der Waals surface area contributed by atoms with Gasteiger partial charge in [0, 0.05) is 49.0 Å². The number of nitrogens with one attached hydrogen (secondary N) is 2. The molecule has 0 bridgehead atoms. The average molecular weight is 561 g/mol. The molecule has 0 radical (unpaired) electrons. The van der Waals surface area contributed by atoms with Crippen molar-refractivity contribution in [1.82, 2.24) is 24.8 Å². The number of carbonyl (C=O) groups is 1. The van der Waals surface area contributed by atoms with Crippen molar-refractivity contribution in [2.45, 2.75) is 20.8 Å². The predicted molar refractivity (Wildman–Crippen MR) is 162 cm³/mol. The molecule has 10 nitrogen and oxygen atoms in total. The number of likely N-dealkylation sites (N-methyl/N-ethyl adjacent to an activating group) is 1. The van der Waals surface area contributed by atoms with E-state index in [1.165, 1.54) is 0 Å². The van der Waals surface area contributed by atoms with Gasteiger partial charge < -0.3 is 34.7 Å². The van der Waals surface area contributed by atoms with E-state index in [1.807, 2.05) is 74.2 Å². The fraction of sp³-hybridized carbons (Fsp3) is 0.387. The van der Waals surface area contributed by atoms with Crippen molar-refractivity contribution < 1.29 is 19.4 Å². The van der Waals surface area contributed by atoms with Crippen molar-refractivity contribution in [3.8, 4) is 0 Å². The number of benzene rings is 1. The molecule has 1 aliphatic rings. The number of aromatic nitrogens is 3. The van der Waals surface area contributed by atoms with Crippen LogP contribution in [-0.4, -0.2) is 95.4 Å². The van der Waals surface area contributed by atoms with Crippen LogP contribution in [0.5, 0.6) is 0 Å². The van der Waals surface area contributed by atoms with Crippen molar-refractivity contribution in [2.24, 2.45) is 0 Å². The fourth-order valence-electron chi connectivity index (χ4n) is 4.33. The maximum atomic E-state index is 13.0. The van der Waals surface area contributed by atoms with Gasteiger partial charge in [-0.15, -0.1) is 0 Å². The molecule has 3 heterocycles. The largest absolute Gasteiger partial charge is 0.491 e. The monoisotopic (exact) mass is 560 g/mol. The van der Waals surface area contributed by atoms with Crippen LogP contribution >= 0.6 is 0 Å². The molecular weight excluding hydrogens is 520 g/mol. The Morgan fingerprint density at radius 3 is 2.63 bits per heavy atom. The number of amides is 1. The number of anilines is 2. The first-order valence-corrected chi connectivity index (χ1v) is 13.9.